The number of ether oxygens (including phenoxy) is 1. The minimum atomic E-state index is -4.54. The highest BCUT2D eigenvalue weighted by Gasteiger charge is 2.35. The van der Waals surface area contributed by atoms with E-state index in [0.717, 1.165) is 35.2 Å². The molecule has 2 heterocycles. The van der Waals surface area contributed by atoms with Crippen LogP contribution in [0.2, 0.25) is 0 Å². The van der Waals surface area contributed by atoms with Crippen LogP contribution < -0.4 is 4.90 Å². The van der Waals surface area contributed by atoms with Gasteiger partial charge in [0, 0.05) is 60.7 Å². The van der Waals surface area contributed by atoms with Gasteiger partial charge in [-0.3, -0.25) is 4.79 Å². The van der Waals surface area contributed by atoms with Crippen molar-refractivity contribution < 1.29 is 50.3 Å². The third-order valence-corrected chi connectivity index (χ3v) is 10.1. The van der Waals surface area contributed by atoms with Gasteiger partial charge >= 0.3 is 6.18 Å². The average molecular weight is 762 g/mol. The summed E-state index contributed by atoms with van der Waals surface area (Å²) in [5.74, 6) is -3.44. The smallest absolute Gasteiger partial charge is 0.384 e. The maximum absolute atomic E-state index is 15.0. The van der Waals surface area contributed by atoms with Crippen LogP contribution >= 0.6 is 11.8 Å². The summed E-state index contributed by atoms with van der Waals surface area (Å²) in [6.45, 7) is -5.89. The number of aliphatic hydroxyl groups is 1. The van der Waals surface area contributed by atoms with Crippen LogP contribution in [-0.4, -0.2) is 66.6 Å². The van der Waals surface area contributed by atoms with Crippen molar-refractivity contribution in [1.29, 1.82) is 0 Å². The van der Waals surface area contributed by atoms with Crippen LogP contribution in [0.1, 0.15) is 67.8 Å². The highest BCUT2D eigenvalue weighted by atomic mass is 32.2. The van der Waals surface area contributed by atoms with Crippen LogP contribution in [0.15, 0.2) is 102 Å². The number of aliphatic hydroxyl groups excluding tert-OH is 1. The molecule has 0 aromatic heterocycles. The lowest BCUT2D eigenvalue weighted by atomic mass is 9.96. The highest BCUT2D eigenvalue weighted by molar-refractivity contribution is 8.02. The largest absolute Gasteiger partial charge is 0.416 e. The molecule has 4 aromatic rings. The number of carbonyl (C=O) groups is 1. The Bertz CT molecular complexity index is 2330. The maximum Gasteiger partial charge on any atom is 0.416 e. The minimum Gasteiger partial charge on any atom is -0.384 e. The number of fused-ring (bicyclic) bond motifs is 1. The molecule has 0 saturated carbocycles. The Labute approximate surface area is 324 Å². The molecule has 280 valence electrons. The number of amides is 1. The summed E-state index contributed by atoms with van der Waals surface area (Å²) in [5, 5.41) is 11.1. The van der Waals surface area contributed by atoms with Crippen LogP contribution in [0.25, 0.3) is 11.1 Å². The van der Waals surface area contributed by atoms with Gasteiger partial charge in [0.15, 0.2) is 11.6 Å². The topological polar surface area (TPSA) is 56.2 Å². The number of nitrogens with zero attached hydrogens (tertiary/aromatic N) is 3. The van der Waals surface area contributed by atoms with Gasteiger partial charge in [-0.1, -0.05) is 66.7 Å². The molecule has 1 fully saturated rings. The lowest BCUT2D eigenvalue weighted by molar-refractivity contribution is -0.137. The zero-order chi connectivity index (χ0) is 46.5. The van der Waals surface area contributed by atoms with Gasteiger partial charge in [-0.05, 0) is 66.8 Å². The van der Waals surface area contributed by atoms with Gasteiger partial charge in [0.2, 0.25) is 5.91 Å². The lowest BCUT2D eigenvalue weighted by Crippen LogP contribution is -2.51. The Morgan fingerprint density at radius 3 is 2.38 bits per heavy atom. The molecule has 0 aliphatic carbocycles. The molecule has 6 rings (SSSR count). The summed E-state index contributed by atoms with van der Waals surface area (Å²) in [4.78, 5) is 18.7. The molecular weight excluding hydrogens is 710 g/mol. The molecule has 0 bridgehead atoms. The van der Waals surface area contributed by atoms with E-state index in [1.54, 1.807) is 36.4 Å². The van der Waals surface area contributed by atoms with Crippen LogP contribution in [0.5, 0.6) is 0 Å². The van der Waals surface area contributed by atoms with Crippen molar-refractivity contribution in [3.05, 3.63) is 136 Å². The summed E-state index contributed by atoms with van der Waals surface area (Å²) < 4.78 is 156. The average Bonchev–Trinajstić information content (AvgIpc) is 3.19. The van der Waals surface area contributed by atoms with Gasteiger partial charge in [0.25, 0.3) is 0 Å². The number of halogens is 5. The first-order valence-electron chi connectivity index (χ1n) is 21.6. The fourth-order valence-electron chi connectivity index (χ4n) is 6.45. The minimum absolute atomic E-state index is 0.0461. The van der Waals surface area contributed by atoms with Gasteiger partial charge in [-0.15, -0.1) is 11.8 Å². The molecule has 0 spiro atoms. The third-order valence-electron chi connectivity index (χ3n) is 9.19. The standard InChI is InChI=1S/C41H42F5N3O3S/c1-27(28-10-12-29(13-11-28)30-14-16-32(17-15-30)41(44,45)46)49(33-18-20-47(21-19-33)22-23-52-2)38(51)25-48-36-9-4-3-7-34(36)37(50)24-39(48)53-26-31-6-5-8-35(42)40(31)43/h3-17,24,27,33,37,50H,18-23,25-26H2,1-2H3/i2D3,22D2,23D2,26D2,27D. The van der Waals surface area contributed by atoms with Crippen LogP contribution in [-0.2, 0) is 21.4 Å². The molecule has 1 saturated heterocycles. The maximum atomic E-state index is 15.0. The van der Waals surface area contributed by atoms with Gasteiger partial charge in [0.1, 0.15) is 12.6 Å². The number of piperidine rings is 1. The molecule has 2 aliphatic heterocycles. The van der Waals surface area contributed by atoms with E-state index in [9.17, 15) is 28.4 Å². The second-order valence-electron chi connectivity index (χ2n) is 12.4. The number of hydrogen-bond donors (Lipinski definition) is 1. The number of para-hydroxylation sites is 1. The quantitative estimate of drug-likeness (QED) is 0.146. The summed E-state index contributed by atoms with van der Waals surface area (Å²) in [7, 11) is -3.27. The fourth-order valence-corrected chi connectivity index (χ4v) is 7.30. The molecule has 4 aromatic carbocycles. The monoisotopic (exact) mass is 761 g/mol. The van der Waals surface area contributed by atoms with Gasteiger partial charge in [-0.2, -0.15) is 13.2 Å². The van der Waals surface area contributed by atoms with Gasteiger partial charge in [0.05, 0.1) is 31.4 Å². The number of carbonyl (C=O) groups excluding carboxylic acids is 1. The number of thioether (sulfide) groups is 1. The number of rotatable bonds is 12. The van der Waals surface area contributed by atoms with E-state index in [2.05, 4.69) is 4.74 Å². The fraction of sp³-hybridized carbons (Fsp3) is 0.341. The van der Waals surface area contributed by atoms with Gasteiger partial charge < -0.3 is 24.5 Å². The van der Waals surface area contributed by atoms with E-state index in [1.165, 1.54) is 47.1 Å². The summed E-state index contributed by atoms with van der Waals surface area (Å²) in [6.07, 6.45) is -4.70. The van der Waals surface area contributed by atoms with Crippen LogP contribution in [0.4, 0.5) is 27.6 Å². The van der Waals surface area contributed by atoms with Crippen molar-refractivity contribution in [3.63, 3.8) is 0 Å². The Morgan fingerprint density at radius 2 is 1.70 bits per heavy atom. The first kappa shape index (κ1) is 27.4. The first-order valence-corrected chi connectivity index (χ1v) is 17.4. The molecule has 2 aliphatic rings. The number of hydrogen-bond acceptors (Lipinski definition) is 6. The summed E-state index contributed by atoms with van der Waals surface area (Å²) in [6, 6.07) is 17.3. The number of benzene rings is 4. The number of alkyl halides is 3. The Kier molecular flexibility index (Phi) is 8.70. The first-order chi connectivity index (χ1) is 29.1. The molecule has 2 atom stereocenters. The molecule has 6 nitrogen and oxygen atoms in total. The van der Waals surface area contributed by atoms with Crippen molar-refractivity contribution in [2.24, 2.45) is 0 Å². The van der Waals surface area contributed by atoms with Crippen LogP contribution in [0.3, 0.4) is 0 Å². The van der Waals surface area contributed by atoms with Crippen molar-refractivity contribution in [2.45, 2.75) is 49.8 Å². The SMILES string of the molecule is [2H]C([2H])([2H])OC([2H])([2H])C([2H])([2H])N1CCC(N(C(=O)CN2C(SC([2H])([2H])c3cccc(F)c3F)=CC(O)c3ccccc32)C([2H])(C)c2ccc(-c3ccc(C(F)(F)F)cc3)cc2)CC1. The van der Waals surface area contributed by atoms with Crippen molar-refractivity contribution in [3.8, 4) is 11.1 Å². The lowest BCUT2D eigenvalue weighted by Gasteiger charge is -2.43. The molecule has 53 heavy (non-hydrogen) atoms. The predicted molar refractivity (Wildman–Crippen MR) is 198 cm³/mol. The van der Waals surface area contributed by atoms with E-state index < -0.39 is 85.4 Å². The summed E-state index contributed by atoms with van der Waals surface area (Å²) in [5.41, 5.74) is -2.32. The second kappa shape index (κ2) is 16.8. The second-order valence-corrected chi connectivity index (χ2v) is 13.3. The van der Waals surface area contributed by atoms with E-state index in [-0.39, 0.29) is 42.2 Å². The van der Waals surface area contributed by atoms with E-state index in [4.69, 9.17) is 12.3 Å². The predicted octanol–water partition coefficient (Wildman–Crippen LogP) is 8.98. The third kappa shape index (κ3) is 8.95. The molecule has 2 unspecified atom stereocenters. The zero-order valence-corrected chi connectivity index (χ0v) is 29.1. The molecule has 1 amide bonds. The number of anilines is 1. The zero-order valence-electron chi connectivity index (χ0n) is 38.3. The molecule has 1 N–H and O–H groups in total. The van der Waals surface area contributed by atoms with Crippen molar-refractivity contribution >= 4 is 23.4 Å². The number of methoxy groups -OCH3 is 1. The number of likely N-dealkylation sites (tertiary alicyclic amines) is 1. The van der Waals surface area contributed by atoms with E-state index >= 15 is 4.79 Å². The Hall–Kier alpha value is -4.23. The van der Waals surface area contributed by atoms with Crippen molar-refractivity contribution in [1.82, 2.24) is 9.80 Å². The van der Waals surface area contributed by atoms with E-state index in [1.807, 2.05) is 0 Å². The highest BCUT2D eigenvalue weighted by Crippen LogP contribution is 2.41. The normalized spacial score (nSPS) is 21.8. The molecule has 12 heteroatoms. The van der Waals surface area contributed by atoms with Crippen LogP contribution in [0, 0.1) is 11.6 Å². The van der Waals surface area contributed by atoms with E-state index in [0.29, 0.717) is 28.5 Å². The summed E-state index contributed by atoms with van der Waals surface area (Å²) >= 11 is 0.416. The Morgan fingerprint density at radius 1 is 1.02 bits per heavy atom. The Balaban J connectivity index is 1.36. The van der Waals surface area contributed by atoms with Gasteiger partial charge in [-0.25, -0.2) is 8.78 Å². The van der Waals surface area contributed by atoms with Crippen molar-refractivity contribution in [2.75, 3.05) is 44.6 Å². The molecular formula is C41H42F5N3O3S. The molecule has 0 radical (unpaired) electrons.